The molecule has 2 fully saturated rings. The van der Waals surface area contributed by atoms with E-state index in [9.17, 15) is 13.2 Å². The Kier molecular flexibility index (Phi) is 5.55. The van der Waals surface area contributed by atoms with E-state index in [1.807, 2.05) is 36.1 Å². The number of rotatable bonds is 3. The molecule has 0 bridgehead atoms. The Labute approximate surface area is 155 Å². The Morgan fingerprint density at radius 3 is 2.77 bits per heavy atom. The first-order valence-corrected chi connectivity index (χ1v) is 10.5. The van der Waals surface area contributed by atoms with Gasteiger partial charge in [0.1, 0.15) is 11.8 Å². The molecule has 2 aliphatic rings. The number of carbonyl (C=O) groups excluding carboxylic acids is 1. The van der Waals surface area contributed by atoms with Gasteiger partial charge in [0.25, 0.3) is 10.2 Å². The average Bonchev–Trinajstić information content (AvgIpc) is 2.63. The minimum absolute atomic E-state index is 0.0994. The van der Waals surface area contributed by atoms with Crippen molar-refractivity contribution < 1.29 is 17.9 Å². The molecule has 0 spiro atoms. The van der Waals surface area contributed by atoms with Crippen LogP contribution in [-0.4, -0.2) is 56.3 Å². The maximum absolute atomic E-state index is 13.1. The van der Waals surface area contributed by atoms with Crippen LogP contribution in [0, 0.1) is 0 Å². The van der Waals surface area contributed by atoms with Crippen LogP contribution < -0.4 is 9.46 Å². The van der Waals surface area contributed by atoms with Crippen LogP contribution in [0.3, 0.4) is 0 Å². The summed E-state index contributed by atoms with van der Waals surface area (Å²) in [6, 6.07) is 6.29. The van der Waals surface area contributed by atoms with Crippen LogP contribution in [0.4, 0.5) is 0 Å². The highest BCUT2D eigenvalue weighted by atomic mass is 32.2. The van der Waals surface area contributed by atoms with Crippen molar-refractivity contribution in [2.75, 3.05) is 20.7 Å². The molecule has 0 unspecified atom stereocenters. The molecule has 0 saturated carbocycles. The van der Waals surface area contributed by atoms with Crippen molar-refractivity contribution in [2.24, 2.45) is 0 Å². The molecule has 1 aromatic rings. The molecule has 0 aliphatic carbocycles. The predicted octanol–water partition coefficient (Wildman–Crippen LogP) is 1.68. The number of benzene rings is 1. The molecule has 2 heterocycles. The number of hydrogen-bond acceptors (Lipinski definition) is 4. The van der Waals surface area contributed by atoms with Crippen molar-refractivity contribution in [1.82, 2.24) is 13.9 Å². The van der Waals surface area contributed by atoms with Crippen LogP contribution in [-0.2, 0) is 15.0 Å². The van der Waals surface area contributed by atoms with E-state index in [0.717, 1.165) is 24.8 Å². The summed E-state index contributed by atoms with van der Waals surface area (Å²) in [5, 5.41) is 0. The smallest absolute Gasteiger partial charge is 0.280 e. The minimum Gasteiger partial charge on any atom is -0.497 e. The van der Waals surface area contributed by atoms with Gasteiger partial charge in [0.05, 0.1) is 13.2 Å². The topological polar surface area (TPSA) is 79.0 Å². The molecule has 1 N–H and O–H groups in total. The van der Waals surface area contributed by atoms with Gasteiger partial charge >= 0.3 is 0 Å². The van der Waals surface area contributed by atoms with Gasteiger partial charge in [0.2, 0.25) is 5.91 Å². The van der Waals surface area contributed by atoms with Crippen LogP contribution in [0.2, 0.25) is 0 Å². The molecule has 2 saturated heterocycles. The van der Waals surface area contributed by atoms with Gasteiger partial charge in [-0.05, 0) is 50.3 Å². The average molecular weight is 381 g/mol. The van der Waals surface area contributed by atoms with Crippen molar-refractivity contribution in [3.05, 3.63) is 29.8 Å². The molecule has 26 heavy (non-hydrogen) atoms. The van der Waals surface area contributed by atoms with Crippen LogP contribution >= 0.6 is 0 Å². The van der Waals surface area contributed by atoms with Crippen LogP contribution in [0.15, 0.2) is 24.3 Å². The Morgan fingerprint density at radius 1 is 1.31 bits per heavy atom. The van der Waals surface area contributed by atoms with Gasteiger partial charge in [-0.1, -0.05) is 12.1 Å². The van der Waals surface area contributed by atoms with E-state index in [-0.39, 0.29) is 11.9 Å². The Balaban J connectivity index is 1.88. The molecule has 3 atom stereocenters. The summed E-state index contributed by atoms with van der Waals surface area (Å²) in [6.07, 6.45) is 3.44. The number of nitrogens with one attached hydrogen (secondary N) is 1. The van der Waals surface area contributed by atoms with E-state index in [1.54, 1.807) is 7.11 Å². The van der Waals surface area contributed by atoms with E-state index in [0.29, 0.717) is 18.7 Å². The summed E-state index contributed by atoms with van der Waals surface area (Å²) in [5.74, 6) is 0.561. The second-order valence-electron chi connectivity index (χ2n) is 7.10. The molecule has 1 aromatic carbocycles. The second kappa shape index (κ2) is 7.54. The SMILES string of the molecule is COc1cccc([C@@H]2C[C@H](C(=O)N3CCCC[C@@H]3C)N(C)S(=O)(=O)N2)c1. The largest absolute Gasteiger partial charge is 0.497 e. The van der Waals surface area contributed by atoms with Crippen LogP contribution in [0.1, 0.15) is 44.2 Å². The summed E-state index contributed by atoms with van der Waals surface area (Å²) >= 11 is 0. The van der Waals surface area contributed by atoms with E-state index in [1.165, 1.54) is 11.4 Å². The maximum Gasteiger partial charge on any atom is 0.280 e. The molecular weight excluding hydrogens is 354 g/mol. The van der Waals surface area contributed by atoms with E-state index in [2.05, 4.69) is 4.72 Å². The van der Waals surface area contributed by atoms with Gasteiger partial charge in [-0.25, -0.2) is 0 Å². The number of methoxy groups -OCH3 is 1. The van der Waals surface area contributed by atoms with Crippen molar-refractivity contribution in [3.8, 4) is 5.75 Å². The molecule has 7 nitrogen and oxygen atoms in total. The van der Waals surface area contributed by atoms with Crippen molar-refractivity contribution in [3.63, 3.8) is 0 Å². The summed E-state index contributed by atoms with van der Waals surface area (Å²) in [5.41, 5.74) is 0.797. The fourth-order valence-electron chi connectivity index (χ4n) is 3.79. The highest BCUT2D eigenvalue weighted by molar-refractivity contribution is 7.87. The first kappa shape index (κ1) is 19.1. The third-order valence-corrected chi connectivity index (χ3v) is 7.03. The highest BCUT2D eigenvalue weighted by Crippen LogP contribution is 2.31. The lowest BCUT2D eigenvalue weighted by atomic mass is 9.97. The van der Waals surface area contributed by atoms with Gasteiger partial charge < -0.3 is 9.64 Å². The predicted molar refractivity (Wildman–Crippen MR) is 99.0 cm³/mol. The number of likely N-dealkylation sites (N-methyl/N-ethyl adjacent to an activating group) is 1. The zero-order valence-corrected chi connectivity index (χ0v) is 16.3. The quantitative estimate of drug-likeness (QED) is 0.864. The molecule has 0 radical (unpaired) electrons. The lowest BCUT2D eigenvalue weighted by molar-refractivity contribution is -0.139. The van der Waals surface area contributed by atoms with Gasteiger partial charge in [-0.2, -0.15) is 17.4 Å². The molecule has 1 amide bonds. The van der Waals surface area contributed by atoms with E-state index in [4.69, 9.17) is 4.74 Å². The fraction of sp³-hybridized carbons (Fsp3) is 0.611. The minimum atomic E-state index is -3.73. The van der Waals surface area contributed by atoms with Gasteiger partial charge in [-0.3, -0.25) is 4.79 Å². The lowest BCUT2D eigenvalue weighted by Crippen LogP contribution is -2.59. The summed E-state index contributed by atoms with van der Waals surface area (Å²) in [7, 11) is -0.689. The van der Waals surface area contributed by atoms with Crippen molar-refractivity contribution in [2.45, 2.75) is 50.7 Å². The van der Waals surface area contributed by atoms with E-state index >= 15 is 0 Å². The highest BCUT2D eigenvalue weighted by Gasteiger charge is 2.43. The zero-order chi connectivity index (χ0) is 18.9. The Bertz CT molecular complexity index is 767. The van der Waals surface area contributed by atoms with Gasteiger partial charge in [-0.15, -0.1) is 0 Å². The van der Waals surface area contributed by atoms with Crippen molar-refractivity contribution >= 4 is 16.1 Å². The molecule has 144 valence electrons. The molecule has 8 heteroatoms. The molecular formula is C18H27N3O4S. The summed E-state index contributed by atoms with van der Waals surface area (Å²) < 4.78 is 34.3. The Hall–Kier alpha value is -1.64. The number of carbonyl (C=O) groups is 1. The molecule has 2 aliphatic heterocycles. The standard InChI is InChI=1S/C18H27N3O4S/c1-13-7-4-5-10-21(13)18(22)17-12-16(19-26(23,24)20(17)2)14-8-6-9-15(11-14)25-3/h6,8-9,11,13,16-17,19H,4-5,7,10,12H2,1-3H3/t13-,16-,17+/m0/s1. The van der Waals surface area contributed by atoms with Crippen LogP contribution in [0.25, 0.3) is 0 Å². The molecule has 0 aromatic heterocycles. The third kappa shape index (κ3) is 3.72. The second-order valence-corrected chi connectivity index (χ2v) is 8.86. The third-order valence-electron chi connectivity index (χ3n) is 5.44. The number of piperidine rings is 1. The first-order valence-electron chi connectivity index (χ1n) is 9.03. The van der Waals surface area contributed by atoms with Crippen molar-refractivity contribution in [1.29, 1.82) is 0 Å². The van der Waals surface area contributed by atoms with Gasteiger partial charge in [0, 0.05) is 19.6 Å². The number of amides is 1. The maximum atomic E-state index is 13.1. The summed E-state index contributed by atoms with van der Waals surface area (Å²) in [4.78, 5) is 15.0. The number of ether oxygens (including phenoxy) is 1. The lowest BCUT2D eigenvalue weighted by Gasteiger charge is -2.41. The number of nitrogens with zero attached hydrogens (tertiary/aromatic N) is 2. The fourth-order valence-corrected chi connectivity index (χ4v) is 5.06. The molecule has 3 rings (SSSR count). The first-order chi connectivity index (χ1) is 12.3. The normalized spacial score (nSPS) is 29.3. The zero-order valence-electron chi connectivity index (χ0n) is 15.5. The summed E-state index contributed by atoms with van der Waals surface area (Å²) in [6.45, 7) is 2.73. The van der Waals surface area contributed by atoms with Gasteiger partial charge in [0.15, 0.2) is 0 Å². The van der Waals surface area contributed by atoms with Crippen LogP contribution in [0.5, 0.6) is 5.75 Å². The Morgan fingerprint density at radius 2 is 2.08 bits per heavy atom. The number of likely N-dealkylation sites (tertiary alicyclic amines) is 1. The number of hydrogen-bond donors (Lipinski definition) is 1. The van der Waals surface area contributed by atoms with E-state index < -0.39 is 22.3 Å². The monoisotopic (exact) mass is 381 g/mol.